The van der Waals surface area contributed by atoms with Gasteiger partial charge in [-0.3, -0.25) is 4.79 Å². The molecule has 1 saturated heterocycles. The van der Waals surface area contributed by atoms with E-state index in [0.717, 1.165) is 116 Å². The van der Waals surface area contributed by atoms with Gasteiger partial charge >= 0.3 is 0 Å². The summed E-state index contributed by atoms with van der Waals surface area (Å²) in [5.41, 5.74) is 0. The fraction of sp³-hybridized carbons (Fsp3) is 0.701. The van der Waals surface area contributed by atoms with Gasteiger partial charge in [0.1, 0.15) is 24.4 Å². The number of carbonyl (C=O) groups excluding carboxylic acids is 1. The van der Waals surface area contributed by atoms with Gasteiger partial charge in [-0.2, -0.15) is 0 Å². The average Bonchev–Trinajstić information content (AvgIpc) is 2.36. The van der Waals surface area contributed by atoms with Gasteiger partial charge in [-0.15, -0.1) is 0 Å². The van der Waals surface area contributed by atoms with Crippen LogP contribution >= 0.6 is 0 Å². The number of unbranched alkanes of at least 4 members (excludes halogenated alkanes) is 30. The minimum Gasteiger partial charge on any atom is -0.394 e. The summed E-state index contributed by atoms with van der Waals surface area (Å²) in [6, 6.07) is -0.817. The Hall–Kier alpha value is -3.67. The van der Waals surface area contributed by atoms with E-state index < -0.39 is 49.5 Å². The van der Waals surface area contributed by atoms with Crippen LogP contribution in [0.15, 0.2) is 134 Å². The maximum Gasteiger partial charge on any atom is 0.220 e. The van der Waals surface area contributed by atoms with Crippen molar-refractivity contribution in [2.45, 2.75) is 333 Å². The van der Waals surface area contributed by atoms with E-state index in [-0.39, 0.29) is 12.5 Å². The number of amides is 1. The third-order valence-corrected chi connectivity index (χ3v) is 16.0. The number of aliphatic hydroxyl groups excluding tert-OH is 5. The molecular formula is C77H131NO8. The molecule has 1 aliphatic rings. The van der Waals surface area contributed by atoms with E-state index in [1.165, 1.54) is 154 Å². The Morgan fingerprint density at radius 1 is 0.407 bits per heavy atom. The molecule has 0 saturated carbocycles. The molecule has 1 amide bonds. The first kappa shape index (κ1) is 80.3. The molecule has 7 unspecified atom stereocenters. The third-order valence-electron chi connectivity index (χ3n) is 16.0. The first-order valence-electron chi connectivity index (χ1n) is 35.4. The molecule has 0 aromatic rings. The second-order valence-electron chi connectivity index (χ2n) is 23.9. The van der Waals surface area contributed by atoms with Crippen LogP contribution in [0.25, 0.3) is 0 Å². The predicted octanol–water partition coefficient (Wildman–Crippen LogP) is 19.6. The Morgan fingerprint density at radius 3 is 1.07 bits per heavy atom. The lowest BCUT2D eigenvalue weighted by molar-refractivity contribution is -0.302. The number of carbonyl (C=O) groups is 1. The lowest BCUT2D eigenvalue weighted by atomic mass is 9.99. The Bertz CT molecular complexity index is 1820. The summed E-state index contributed by atoms with van der Waals surface area (Å²) >= 11 is 0. The largest absolute Gasteiger partial charge is 0.394 e. The van der Waals surface area contributed by atoms with Gasteiger partial charge in [0.15, 0.2) is 6.29 Å². The number of hydrogen-bond donors (Lipinski definition) is 6. The zero-order valence-electron chi connectivity index (χ0n) is 55.0. The highest BCUT2D eigenvalue weighted by atomic mass is 16.7. The van der Waals surface area contributed by atoms with Gasteiger partial charge in [-0.25, -0.2) is 0 Å². The van der Waals surface area contributed by atoms with E-state index in [4.69, 9.17) is 9.47 Å². The summed E-state index contributed by atoms with van der Waals surface area (Å²) in [7, 11) is 0. The van der Waals surface area contributed by atoms with Crippen LogP contribution in [0.5, 0.6) is 0 Å². The van der Waals surface area contributed by atoms with E-state index in [1.54, 1.807) is 6.08 Å². The topological polar surface area (TPSA) is 149 Å². The summed E-state index contributed by atoms with van der Waals surface area (Å²) in [5.74, 6) is -0.184. The predicted molar refractivity (Wildman–Crippen MR) is 368 cm³/mol. The van der Waals surface area contributed by atoms with Crippen LogP contribution in [0.1, 0.15) is 290 Å². The molecule has 492 valence electrons. The number of allylic oxidation sites excluding steroid dienone is 21. The summed E-state index contributed by atoms with van der Waals surface area (Å²) in [5, 5.41) is 54.8. The van der Waals surface area contributed by atoms with E-state index in [2.05, 4.69) is 141 Å². The quantitative estimate of drug-likeness (QED) is 0.0261. The van der Waals surface area contributed by atoms with Gasteiger partial charge in [-0.05, 0) is 96.3 Å². The van der Waals surface area contributed by atoms with Crippen LogP contribution in [0.2, 0.25) is 0 Å². The molecule has 1 fully saturated rings. The first-order chi connectivity index (χ1) is 42.3. The molecule has 1 aliphatic heterocycles. The van der Waals surface area contributed by atoms with Crippen molar-refractivity contribution in [3.8, 4) is 0 Å². The fourth-order valence-electron chi connectivity index (χ4n) is 10.5. The van der Waals surface area contributed by atoms with Crippen molar-refractivity contribution in [1.82, 2.24) is 5.32 Å². The fourth-order valence-corrected chi connectivity index (χ4v) is 10.5. The normalized spacial score (nSPS) is 18.9. The van der Waals surface area contributed by atoms with Gasteiger partial charge in [-0.1, -0.05) is 321 Å². The summed E-state index contributed by atoms with van der Waals surface area (Å²) in [6.07, 6.45) is 91.1. The SMILES string of the molecule is CC/C=C\C/C=C\C/C=C\C/C=C\C/C=C\C/C=C\C/C=C\C/C=C\C/C=C\C/C=C\CCCCCCCCCCCCC(=O)NC(COC1OC(CO)C(O)C(O)C1O)C(O)/C=C/CCCCCCCCCCCCCCCCCCCCCC. The van der Waals surface area contributed by atoms with Crippen LogP contribution in [-0.2, 0) is 14.3 Å². The molecule has 6 N–H and O–H groups in total. The van der Waals surface area contributed by atoms with Gasteiger partial charge in [0.2, 0.25) is 5.91 Å². The smallest absolute Gasteiger partial charge is 0.220 e. The maximum absolute atomic E-state index is 13.1. The van der Waals surface area contributed by atoms with E-state index in [0.29, 0.717) is 6.42 Å². The van der Waals surface area contributed by atoms with Crippen molar-refractivity contribution in [3.05, 3.63) is 134 Å². The lowest BCUT2D eigenvalue weighted by Crippen LogP contribution is -2.60. The minimum absolute atomic E-state index is 0.184. The second-order valence-corrected chi connectivity index (χ2v) is 23.9. The maximum atomic E-state index is 13.1. The van der Waals surface area contributed by atoms with E-state index in [9.17, 15) is 30.3 Å². The Morgan fingerprint density at radius 2 is 0.721 bits per heavy atom. The van der Waals surface area contributed by atoms with Gasteiger partial charge in [0.25, 0.3) is 0 Å². The molecule has 9 heteroatoms. The first-order valence-corrected chi connectivity index (χ1v) is 35.4. The number of rotatable bonds is 60. The highest BCUT2D eigenvalue weighted by Gasteiger charge is 2.44. The van der Waals surface area contributed by atoms with Crippen molar-refractivity contribution in [1.29, 1.82) is 0 Å². The molecule has 0 radical (unpaired) electrons. The molecule has 0 spiro atoms. The number of aliphatic hydroxyl groups is 5. The highest BCUT2D eigenvalue weighted by Crippen LogP contribution is 2.23. The van der Waals surface area contributed by atoms with Crippen molar-refractivity contribution in [2.24, 2.45) is 0 Å². The standard InChI is InChI=1S/C77H131NO8/c1-3-5-7-9-11-13-15-17-19-21-23-25-27-28-29-30-31-32-33-34-35-36-37-38-39-40-41-42-43-44-45-47-49-51-53-55-57-59-61-63-65-67-73(81)78-70(69-85-77-76(84)75(83)74(82)72(68-79)86-77)71(80)66-64-62-60-58-56-54-52-50-48-46-26-24-22-20-18-16-14-12-10-8-6-4-2/h5,7,11,13,17,19,23,25,28-29,31-32,34-35,37-38,40-41,43-44,64,66,70-72,74-77,79-80,82-84H,3-4,6,8-10,12,14-16,18,20-22,24,26-27,30,33,36,39,42,45-63,65,67-69H2,1-2H3,(H,78,81)/b7-5-,13-11-,19-17-,25-23-,29-28-,32-31-,35-34-,38-37-,41-40-,44-43-,66-64+. The van der Waals surface area contributed by atoms with E-state index >= 15 is 0 Å². The average molecular weight is 1200 g/mol. The second kappa shape index (κ2) is 64.3. The minimum atomic E-state index is -1.57. The number of hydrogen-bond acceptors (Lipinski definition) is 8. The summed E-state index contributed by atoms with van der Waals surface area (Å²) in [6.45, 7) is 3.68. The van der Waals surface area contributed by atoms with Crippen LogP contribution in [0.4, 0.5) is 0 Å². The van der Waals surface area contributed by atoms with Crippen LogP contribution < -0.4 is 5.32 Å². The highest BCUT2D eigenvalue weighted by molar-refractivity contribution is 5.76. The van der Waals surface area contributed by atoms with Crippen LogP contribution in [0, 0.1) is 0 Å². The number of ether oxygens (including phenoxy) is 2. The van der Waals surface area contributed by atoms with Crippen molar-refractivity contribution in [2.75, 3.05) is 13.2 Å². The Balaban J connectivity index is 2.14. The number of nitrogens with one attached hydrogen (secondary N) is 1. The molecule has 9 nitrogen and oxygen atoms in total. The van der Waals surface area contributed by atoms with Gasteiger partial charge in [0.05, 0.1) is 25.4 Å². The Kier molecular flexibility index (Phi) is 60.1. The van der Waals surface area contributed by atoms with Crippen molar-refractivity contribution in [3.63, 3.8) is 0 Å². The van der Waals surface area contributed by atoms with Crippen molar-refractivity contribution >= 4 is 5.91 Å². The molecule has 7 atom stereocenters. The monoisotopic (exact) mass is 1200 g/mol. The van der Waals surface area contributed by atoms with Gasteiger partial charge < -0.3 is 40.3 Å². The molecular weight excluding hydrogens is 1070 g/mol. The molecule has 86 heavy (non-hydrogen) atoms. The van der Waals surface area contributed by atoms with Crippen LogP contribution in [-0.4, -0.2) is 87.5 Å². The van der Waals surface area contributed by atoms with Gasteiger partial charge in [0, 0.05) is 6.42 Å². The zero-order chi connectivity index (χ0) is 62.1. The van der Waals surface area contributed by atoms with Crippen LogP contribution in [0.3, 0.4) is 0 Å². The molecule has 0 aromatic carbocycles. The molecule has 0 bridgehead atoms. The Labute approximate surface area is 528 Å². The summed E-state index contributed by atoms with van der Waals surface area (Å²) < 4.78 is 11.3. The summed E-state index contributed by atoms with van der Waals surface area (Å²) in [4.78, 5) is 13.1. The van der Waals surface area contributed by atoms with Crippen molar-refractivity contribution < 1.29 is 39.8 Å². The zero-order valence-corrected chi connectivity index (χ0v) is 55.0. The van der Waals surface area contributed by atoms with E-state index in [1.807, 2.05) is 6.08 Å². The molecule has 1 heterocycles. The lowest BCUT2D eigenvalue weighted by Gasteiger charge is -2.40. The molecule has 0 aliphatic carbocycles. The molecule has 1 rings (SSSR count). The molecule has 0 aromatic heterocycles. The third kappa shape index (κ3) is 52.3.